The van der Waals surface area contributed by atoms with Crippen LogP contribution >= 0.6 is 23.1 Å². The maximum absolute atomic E-state index is 12.5. The van der Waals surface area contributed by atoms with Gasteiger partial charge in [-0.25, -0.2) is 0 Å². The van der Waals surface area contributed by atoms with Crippen LogP contribution in [-0.2, 0) is 11.3 Å². The van der Waals surface area contributed by atoms with E-state index in [-0.39, 0.29) is 11.8 Å². The Balaban J connectivity index is 1.76. The summed E-state index contributed by atoms with van der Waals surface area (Å²) in [6.07, 6.45) is 1.63. The van der Waals surface area contributed by atoms with Crippen LogP contribution in [0, 0.1) is 11.3 Å². The van der Waals surface area contributed by atoms with Gasteiger partial charge in [0.25, 0.3) is 0 Å². The quantitative estimate of drug-likeness (QED) is 0.599. The number of furan rings is 1. The van der Waals surface area contributed by atoms with Crippen LogP contribution < -0.4 is 5.32 Å². The molecule has 0 spiro atoms. The topological polar surface area (TPSA) is 96.7 Å². The number of nitrogens with one attached hydrogen (secondary N) is 1. The van der Waals surface area contributed by atoms with Gasteiger partial charge in [0.15, 0.2) is 5.16 Å². The Morgan fingerprint density at radius 3 is 2.89 bits per heavy atom. The minimum absolute atomic E-state index is 0.183. The Labute approximate surface area is 165 Å². The van der Waals surface area contributed by atoms with Gasteiger partial charge in [0.05, 0.1) is 23.6 Å². The summed E-state index contributed by atoms with van der Waals surface area (Å²) in [7, 11) is 0. The minimum atomic E-state index is -0.404. The van der Waals surface area contributed by atoms with Crippen LogP contribution in [-0.4, -0.2) is 25.9 Å². The zero-order chi connectivity index (χ0) is 19.4. The second kappa shape index (κ2) is 8.41. The Morgan fingerprint density at radius 1 is 1.41 bits per heavy atom. The van der Waals surface area contributed by atoms with Crippen molar-refractivity contribution >= 4 is 34.0 Å². The number of nitrogens with zero attached hydrogens (tertiary/aromatic N) is 4. The monoisotopic (exact) mass is 401 g/mol. The van der Waals surface area contributed by atoms with E-state index in [0.29, 0.717) is 22.3 Å². The molecule has 140 valence electrons. The van der Waals surface area contributed by atoms with E-state index in [1.54, 1.807) is 24.6 Å². The molecule has 0 bridgehead atoms. The van der Waals surface area contributed by atoms with Crippen molar-refractivity contribution in [3.05, 3.63) is 47.0 Å². The number of hydrogen-bond acceptors (Lipinski definition) is 7. The lowest BCUT2D eigenvalue weighted by Gasteiger charge is -2.13. The predicted molar refractivity (Wildman–Crippen MR) is 105 cm³/mol. The van der Waals surface area contributed by atoms with Crippen molar-refractivity contribution in [3.8, 4) is 6.07 Å². The van der Waals surface area contributed by atoms with Gasteiger partial charge in [0.1, 0.15) is 22.7 Å². The highest BCUT2D eigenvalue weighted by Gasteiger charge is 2.22. The van der Waals surface area contributed by atoms with Gasteiger partial charge in [-0.3, -0.25) is 9.36 Å². The zero-order valence-electron chi connectivity index (χ0n) is 15.2. The van der Waals surface area contributed by atoms with E-state index >= 15 is 0 Å². The second-order valence-electron chi connectivity index (χ2n) is 6.19. The highest BCUT2D eigenvalue weighted by atomic mass is 32.2. The van der Waals surface area contributed by atoms with Crippen molar-refractivity contribution in [2.24, 2.45) is 0 Å². The molecule has 0 aliphatic heterocycles. The minimum Gasteiger partial charge on any atom is -0.467 e. The van der Waals surface area contributed by atoms with Crippen molar-refractivity contribution in [3.63, 3.8) is 0 Å². The van der Waals surface area contributed by atoms with Crippen LogP contribution in [0.5, 0.6) is 0 Å². The molecule has 0 saturated carbocycles. The summed E-state index contributed by atoms with van der Waals surface area (Å²) in [5, 5.41) is 23.1. The Bertz CT molecular complexity index is 953. The SMILES string of the molecule is CC(C)c1nnc(S[C@H](C)C(=O)Nc2sccc2C#N)n1Cc1ccco1. The molecule has 0 aromatic carbocycles. The number of thioether (sulfide) groups is 1. The fraction of sp³-hybridized carbons (Fsp3) is 0.333. The smallest absolute Gasteiger partial charge is 0.238 e. The van der Waals surface area contributed by atoms with Crippen molar-refractivity contribution in [1.29, 1.82) is 5.26 Å². The van der Waals surface area contributed by atoms with Gasteiger partial charge >= 0.3 is 0 Å². The van der Waals surface area contributed by atoms with Gasteiger partial charge < -0.3 is 9.73 Å². The van der Waals surface area contributed by atoms with E-state index in [1.807, 2.05) is 30.5 Å². The largest absolute Gasteiger partial charge is 0.467 e. The number of carbonyl (C=O) groups is 1. The molecule has 0 aliphatic carbocycles. The molecule has 0 aliphatic rings. The molecule has 1 atom stereocenters. The third kappa shape index (κ3) is 4.40. The van der Waals surface area contributed by atoms with Crippen LogP contribution in [0.3, 0.4) is 0 Å². The summed E-state index contributed by atoms with van der Waals surface area (Å²) >= 11 is 2.66. The first-order chi connectivity index (χ1) is 13.0. The number of anilines is 1. The Hall–Kier alpha value is -2.57. The number of amides is 1. The molecule has 3 aromatic heterocycles. The molecule has 27 heavy (non-hydrogen) atoms. The lowest BCUT2D eigenvalue weighted by atomic mass is 10.2. The number of hydrogen-bond donors (Lipinski definition) is 1. The first-order valence-electron chi connectivity index (χ1n) is 8.40. The fourth-order valence-electron chi connectivity index (χ4n) is 2.44. The molecule has 7 nitrogen and oxygen atoms in total. The maximum Gasteiger partial charge on any atom is 0.238 e. The van der Waals surface area contributed by atoms with Crippen molar-refractivity contribution in [2.75, 3.05) is 5.32 Å². The molecule has 1 N–H and O–H groups in total. The average Bonchev–Trinajstić information content (AvgIpc) is 3.37. The normalized spacial score (nSPS) is 12.1. The first kappa shape index (κ1) is 19.2. The molecule has 0 fully saturated rings. The fourth-order valence-corrected chi connectivity index (χ4v) is 4.04. The van der Waals surface area contributed by atoms with Crippen molar-refractivity contribution in [1.82, 2.24) is 14.8 Å². The van der Waals surface area contributed by atoms with E-state index in [2.05, 4.69) is 21.6 Å². The molecule has 9 heteroatoms. The van der Waals surface area contributed by atoms with Gasteiger partial charge in [0, 0.05) is 5.92 Å². The second-order valence-corrected chi connectivity index (χ2v) is 8.41. The lowest BCUT2D eigenvalue weighted by Crippen LogP contribution is -2.23. The number of carbonyl (C=O) groups excluding carboxylic acids is 1. The van der Waals surface area contributed by atoms with Gasteiger partial charge in [-0.2, -0.15) is 5.26 Å². The van der Waals surface area contributed by atoms with E-state index in [0.717, 1.165) is 11.6 Å². The van der Waals surface area contributed by atoms with E-state index < -0.39 is 5.25 Å². The summed E-state index contributed by atoms with van der Waals surface area (Å²) in [4.78, 5) is 12.5. The van der Waals surface area contributed by atoms with Crippen LogP contribution in [0.4, 0.5) is 5.00 Å². The molecule has 3 aromatic rings. The van der Waals surface area contributed by atoms with Crippen molar-refractivity contribution in [2.45, 2.75) is 43.6 Å². The number of aromatic nitrogens is 3. The summed E-state index contributed by atoms with van der Waals surface area (Å²) in [6, 6.07) is 7.50. The Kier molecular flexibility index (Phi) is 5.98. The summed E-state index contributed by atoms with van der Waals surface area (Å²) in [5.74, 6) is 1.65. The van der Waals surface area contributed by atoms with Gasteiger partial charge in [-0.1, -0.05) is 25.6 Å². The standard InChI is InChI=1S/C18H19N5O2S2/c1-11(2)15-21-22-18(23(15)10-14-5-4-7-25-14)27-12(3)16(24)20-17-13(9-19)6-8-26-17/h4-8,11-12H,10H2,1-3H3,(H,20,24)/t12-/m1/s1. The molecule has 1 amide bonds. The highest BCUT2D eigenvalue weighted by molar-refractivity contribution is 8.00. The third-order valence-corrected chi connectivity index (χ3v) is 5.74. The van der Waals surface area contributed by atoms with E-state index in [1.165, 1.54) is 23.1 Å². The van der Waals surface area contributed by atoms with Gasteiger partial charge in [-0.05, 0) is 30.5 Å². The van der Waals surface area contributed by atoms with Crippen LogP contribution in [0.2, 0.25) is 0 Å². The average molecular weight is 402 g/mol. The highest BCUT2D eigenvalue weighted by Crippen LogP contribution is 2.28. The zero-order valence-corrected chi connectivity index (χ0v) is 16.8. The number of thiophene rings is 1. The van der Waals surface area contributed by atoms with Crippen molar-refractivity contribution < 1.29 is 9.21 Å². The molecule has 3 heterocycles. The molecular weight excluding hydrogens is 382 g/mol. The number of nitriles is 1. The van der Waals surface area contributed by atoms with Gasteiger partial charge in [0.2, 0.25) is 5.91 Å². The molecular formula is C18H19N5O2S2. The first-order valence-corrected chi connectivity index (χ1v) is 10.2. The molecule has 3 rings (SSSR count). The van der Waals surface area contributed by atoms with Gasteiger partial charge in [-0.15, -0.1) is 21.5 Å². The predicted octanol–water partition coefficient (Wildman–Crippen LogP) is 4.10. The molecule has 0 radical (unpaired) electrons. The van der Waals surface area contributed by atoms with E-state index in [9.17, 15) is 4.79 Å². The lowest BCUT2D eigenvalue weighted by molar-refractivity contribution is -0.115. The third-order valence-electron chi connectivity index (χ3n) is 3.83. The Morgan fingerprint density at radius 2 is 2.22 bits per heavy atom. The molecule has 0 saturated heterocycles. The summed E-state index contributed by atoms with van der Waals surface area (Å²) in [5.41, 5.74) is 0.466. The van der Waals surface area contributed by atoms with Crippen LogP contribution in [0.25, 0.3) is 0 Å². The van der Waals surface area contributed by atoms with Crippen LogP contribution in [0.15, 0.2) is 39.4 Å². The maximum atomic E-state index is 12.5. The molecule has 0 unspecified atom stereocenters. The number of rotatable bonds is 7. The summed E-state index contributed by atoms with van der Waals surface area (Å²) in [6.45, 7) is 6.41. The van der Waals surface area contributed by atoms with Crippen LogP contribution in [0.1, 0.15) is 43.8 Å². The van der Waals surface area contributed by atoms with E-state index in [4.69, 9.17) is 9.68 Å². The summed E-state index contributed by atoms with van der Waals surface area (Å²) < 4.78 is 7.43.